The average molecular weight is 255 g/mol. The van der Waals surface area contributed by atoms with Gasteiger partial charge in [0.1, 0.15) is 0 Å². The van der Waals surface area contributed by atoms with Crippen LogP contribution in [0.15, 0.2) is 0 Å². The van der Waals surface area contributed by atoms with Crippen molar-refractivity contribution in [3.8, 4) is 0 Å². The van der Waals surface area contributed by atoms with Crippen molar-refractivity contribution in [3.63, 3.8) is 0 Å². The number of amides is 3. The highest BCUT2D eigenvalue weighted by Crippen LogP contribution is 2.14. The number of piperidine rings is 1. The molecular formula is C12H21N3O3. The van der Waals surface area contributed by atoms with E-state index in [-0.39, 0.29) is 29.6 Å². The quantitative estimate of drug-likeness (QED) is 0.701. The van der Waals surface area contributed by atoms with Crippen LogP contribution in [0.3, 0.4) is 0 Å². The molecule has 1 aliphatic rings. The molecule has 2 N–H and O–H groups in total. The van der Waals surface area contributed by atoms with E-state index in [0.29, 0.717) is 25.9 Å². The van der Waals surface area contributed by atoms with Crippen LogP contribution in [0.5, 0.6) is 0 Å². The smallest absolute Gasteiger partial charge is 0.227 e. The standard InChI is InChI=1S/C12H21N3O3/c1-8(11(17)13-2)7-15(3)12(18)9-4-5-10(16)14-6-9/h8-9H,4-7H2,1-3H3,(H,13,17)(H,14,16). The first-order valence-electron chi connectivity index (χ1n) is 6.19. The van der Waals surface area contributed by atoms with Gasteiger partial charge in [0.25, 0.3) is 0 Å². The molecule has 6 nitrogen and oxygen atoms in total. The van der Waals surface area contributed by atoms with Crippen molar-refractivity contribution in [3.05, 3.63) is 0 Å². The fourth-order valence-electron chi connectivity index (χ4n) is 2.09. The Morgan fingerprint density at radius 3 is 2.72 bits per heavy atom. The van der Waals surface area contributed by atoms with Gasteiger partial charge in [0, 0.05) is 33.6 Å². The maximum Gasteiger partial charge on any atom is 0.227 e. The summed E-state index contributed by atoms with van der Waals surface area (Å²) in [6.45, 7) is 2.57. The van der Waals surface area contributed by atoms with E-state index >= 15 is 0 Å². The Bertz CT molecular complexity index is 333. The van der Waals surface area contributed by atoms with Gasteiger partial charge < -0.3 is 15.5 Å². The summed E-state index contributed by atoms with van der Waals surface area (Å²) in [6.07, 6.45) is 0.985. The van der Waals surface area contributed by atoms with Crippen molar-refractivity contribution in [2.24, 2.45) is 11.8 Å². The molecule has 1 heterocycles. The summed E-state index contributed by atoms with van der Waals surface area (Å²) in [4.78, 5) is 36.1. The first kappa shape index (κ1) is 14.5. The molecule has 1 fully saturated rings. The Hall–Kier alpha value is -1.59. The Morgan fingerprint density at radius 1 is 1.56 bits per heavy atom. The number of carbonyl (C=O) groups is 3. The summed E-state index contributed by atoms with van der Waals surface area (Å²) in [6, 6.07) is 0. The molecule has 0 bridgehead atoms. The largest absolute Gasteiger partial charge is 0.359 e. The second-order valence-electron chi connectivity index (χ2n) is 4.77. The van der Waals surface area contributed by atoms with E-state index in [4.69, 9.17) is 0 Å². The highest BCUT2D eigenvalue weighted by atomic mass is 16.2. The molecule has 2 atom stereocenters. The fraction of sp³-hybridized carbons (Fsp3) is 0.750. The number of carbonyl (C=O) groups excluding carboxylic acids is 3. The summed E-state index contributed by atoms with van der Waals surface area (Å²) >= 11 is 0. The van der Waals surface area contributed by atoms with Crippen LogP contribution in [0.2, 0.25) is 0 Å². The Labute approximate surface area is 107 Å². The predicted octanol–water partition coefficient (Wildman–Crippen LogP) is -0.647. The molecule has 1 rings (SSSR count). The predicted molar refractivity (Wildman–Crippen MR) is 66.6 cm³/mol. The molecule has 102 valence electrons. The number of nitrogens with zero attached hydrogens (tertiary/aromatic N) is 1. The maximum atomic E-state index is 12.1. The molecular weight excluding hydrogens is 234 g/mol. The van der Waals surface area contributed by atoms with Crippen molar-refractivity contribution < 1.29 is 14.4 Å². The first-order chi connectivity index (χ1) is 8.45. The third-order valence-electron chi connectivity index (χ3n) is 3.23. The minimum atomic E-state index is -0.234. The summed E-state index contributed by atoms with van der Waals surface area (Å²) in [5.74, 6) is -0.482. The Morgan fingerprint density at radius 2 is 2.22 bits per heavy atom. The lowest BCUT2D eigenvalue weighted by Crippen LogP contribution is -2.45. The van der Waals surface area contributed by atoms with Crippen LogP contribution >= 0.6 is 0 Å². The average Bonchev–Trinajstić information content (AvgIpc) is 2.37. The van der Waals surface area contributed by atoms with E-state index in [0.717, 1.165) is 0 Å². The Kier molecular flexibility index (Phi) is 5.12. The van der Waals surface area contributed by atoms with Gasteiger partial charge in [0.15, 0.2) is 0 Å². The molecule has 6 heteroatoms. The van der Waals surface area contributed by atoms with E-state index in [1.165, 1.54) is 0 Å². The number of rotatable bonds is 4. The Balaban J connectivity index is 2.46. The molecule has 1 saturated heterocycles. The van der Waals surface area contributed by atoms with E-state index in [9.17, 15) is 14.4 Å². The lowest BCUT2D eigenvalue weighted by atomic mass is 9.97. The van der Waals surface area contributed by atoms with Crippen molar-refractivity contribution in [2.75, 3.05) is 27.2 Å². The monoisotopic (exact) mass is 255 g/mol. The zero-order valence-corrected chi connectivity index (χ0v) is 11.2. The molecule has 0 radical (unpaired) electrons. The minimum Gasteiger partial charge on any atom is -0.359 e. The number of hydrogen-bond donors (Lipinski definition) is 2. The second-order valence-corrected chi connectivity index (χ2v) is 4.77. The van der Waals surface area contributed by atoms with Crippen LogP contribution in [0.25, 0.3) is 0 Å². The summed E-state index contributed by atoms with van der Waals surface area (Å²) in [5, 5.41) is 5.25. The van der Waals surface area contributed by atoms with Gasteiger partial charge in [-0.1, -0.05) is 6.92 Å². The lowest BCUT2D eigenvalue weighted by molar-refractivity contribution is -0.137. The lowest BCUT2D eigenvalue weighted by Gasteiger charge is -2.28. The van der Waals surface area contributed by atoms with E-state index < -0.39 is 0 Å². The molecule has 0 aromatic heterocycles. The van der Waals surface area contributed by atoms with Crippen molar-refractivity contribution >= 4 is 17.7 Å². The second kappa shape index (κ2) is 6.37. The molecule has 0 aromatic rings. The first-order valence-corrected chi connectivity index (χ1v) is 6.19. The van der Waals surface area contributed by atoms with Gasteiger partial charge in [0.05, 0.1) is 11.8 Å². The van der Waals surface area contributed by atoms with Gasteiger partial charge in [-0.05, 0) is 6.42 Å². The van der Waals surface area contributed by atoms with Crippen LogP contribution in [0, 0.1) is 11.8 Å². The topological polar surface area (TPSA) is 78.5 Å². The van der Waals surface area contributed by atoms with Crippen LogP contribution in [0.4, 0.5) is 0 Å². The minimum absolute atomic E-state index is 0.000400. The third kappa shape index (κ3) is 3.72. The van der Waals surface area contributed by atoms with Gasteiger partial charge >= 0.3 is 0 Å². The molecule has 0 saturated carbocycles. The van der Waals surface area contributed by atoms with Crippen LogP contribution in [0.1, 0.15) is 19.8 Å². The molecule has 1 aliphatic heterocycles. The number of hydrogen-bond acceptors (Lipinski definition) is 3. The summed E-state index contributed by atoms with van der Waals surface area (Å²) in [7, 11) is 3.27. The van der Waals surface area contributed by atoms with Crippen molar-refractivity contribution in [1.82, 2.24) is 15.5 Å². The van der Waals surface area contributed by atoms with Gasteiger partial charge in [-0.2, -0.15) is 0 Å². The molecule has 0 aromatic carbocycles. The van der Waals surface area contributed by atoms with Gasteiger partial charge in [-0.15, -0.1) is 0 Å². The van der Waals surface area contributed by atoms with E-state index in [1.54, 1.807) is 25.9 Å². The summed E-state index contributed by atoms with van der Waals surface area (Å²) in [5.41, 5.74) is 0. The van der Waals surface area contributed by atoms with Crippen LogP contribution in [-0.4, -0.2) is 49.8 Å². The highest BCUT2D eigenvalue weighted by Gasteiger charge is 2.28. The fourth-order valence-corrected chi connectivity index (χ4v) is 2.09. The van der Waals surface area contributed by atoms with Gasteiger partial charge in [-0.25, -0.2) is 0 Å². The van der Waals surface area contributed by atoms with E-state index in [1.807, 2.05) is 0 Å². The van der Waals surface area contributed by atoms with Crippen LogP contribution in [-0.2, 0) is 14.4 Å². The molecule has 0 aliphatic carbocycles. The van der Waals surface area contributed by atoms with Gasteiger partial charge in [0.2, 0.25) is 17.7 Å². The molecule has 18 heavy (non-hydrogen) atoms. The molecule has 3 amide bonds. The maximum absolute atomic E-state index is 12.1. The van der Waals surface area contributed by atoms with Crippen molar-refractivity contribution in [2.45, 2.75) is 19.8 Å². The zero-order chi connectivity index (χ0) is 13.7. The van der Waals surface area contributed by atoms with Gasteiger partial charge in [-0.3, -0.25) is 14.4 Å². The number of nitrogens with one attached hydrogen (secondary N) is 2. The summed E-state index contributed by atoms with van der Waals surface area (Å²) < 4.78 is 0. The zero-order valence-electron chi connectivity index (χ0n) is 11.2. The van der Waals surface area contributed by atoms with E-state index in [2.05, 4.69) is 10.6 Å². The molecule has 0 spiro atoms. The van der Waals surface area contributed by atoms with Crippen LogP contribution < -0.4 is 10.6 Å². The highest BCUT2D eigenvalue weighted by molar-refractivity contribution is 5.84. The molecule has 2 unspecified atom stereocenters. The van der Waals surface area contributed by atoms with Crippen molar-refractivity contribution in [1.29, 1.82) is 0 Å². The normalized spacial score (nSPS) is 20.8. The SMILES string of the molecule is CNC(=O)C(C)CN(C)C(=O)C1CCC(=O)NC1. The third-order valence-corrected chi connectivity index (χ3v) is 3.23.